The number of rotatable bonds is 6. The number of hydrogen-bond acceptors (Lipinski definition) is 5. The molecule has 0 aliphatic carbocycles. The van der Waals surface area contributed by atoms with Crippen LogP contribution in [-0.2, 0) is 6.54 Å². The minimum absolute atomic E-state index is 0.232. The Balaban J connectivity index is 1.31. The summed E-state index contributed by atoms with van der Waals surface area (Å²) in [6.45, 7) is 2.92. The van der Waals surface area contributed by atoms with Crippen molar-refractivity contribution in [2.24, 2.45) is 0 Å². The number of nitrogens with zero attached hydrogens (tertiary/aromatic N) is 4. The number of amides is 1. The van der Waals surface area contributed by atoms with Gasteiger partial charge in [0.2, 0.25) is 0 Å². The summed E-state index contributed by atoms with van der Waals surface area (Å²) in [4.78, 5) is 19.8. The van der Waals surface area contributed by atoms with Crippen molar-refractivity contribution in [1.82, 2.24) is 14.6 Å². The lowest BCUT2D eigenvalue weighted by Gasteiger charge is -2.18. The molecule has 4 aromatic rings. The smallest absolute Gasteiger partial charge is 0.261 e. The van der Waals surface area contributed by atoms with Gasteiger partial charge in [0.15, 0.2) is 5.65 Å². The first kappa shape index (κ1) is 19.1. The van der Waals surface area contributed by atoms with Gasteiger partial charge in [-0.15, -0.1) is 0 Å². The normalized spacial score (nSPS) is 13.5. The highest BCUT2D eigenvalue weighted by atomic mass is 16.1. The predicted octanol–water partition coefficient (Wildman–Crippen LogP) is 4.19. The van der Waals surface area contributed by atoms with Crippen LogP contribution in [0.4, 0.5) is 17.2 Å². The Morgan fingerprint density at radius 2 is 1.84 bits per heavy atom. The highest BCUT2D eigenvalue weighted by Crippen LogP contribution is 2.22. The van der Waals surface area contributed by atoms with Gasteiger partial charge in [0.1, 0.15) is 11.4 Å². The zero-order chi connectivity index (χ0) is 21.0. The Labute approximate surface area is 180 Å². The van der Waals surface area contributed by atoms with Crippen LogP contribution >= 0.6 is 0 Å². The van der Waals surface area contributed by atoms with Crippen molar-refractivity contribution in [2.45, 2.75) is 19.4 Å². The van der Waals surface area contributed by atoms with E-state index in [1.165, 1.54) is 24.1 Å². The van der Waals surface area contributed by atoms with Crippen molar-refractivity contribution in [2.75, 3.05) is 28.6 Å². The second kappa shape index (κ2) is 8.47. The number of carbonyl (C=O) groups excluding carboxylic acids is 1. The Bertz CT molecular complexity index is 1200. The molecule has 5 rings (SSSR count). The number of para-hydroxylation sites is 1. The molecule has 7 nitrogen and oxygen atoms in total. The van der Waals surface area contributed by atoms with E-state index in [0.717, 1.165) is 18.8 Å². The lowest BCUT2D eigenvalue weighted by atomic mass is 10.2. The van der Waals surface area contributed by atoms with Crippen molar-refractivity contribution in [1.29, 1.82) is 0 Å². The van der Waals surface area contributed by atoms with Gasteiger partial charge >= 0.3 is 0 Å². The molecule has 2 N–H and O–H groups in total. The molecule has 2 aromatic carbocycles. The van der Waals surface area contributed by atoms with Crippen LogP contribution in [0, 0.1) is 0 Å². The van der Waals surface area contributed by atoms with Crippen LogP contribution < -0.4 is 15.5 Å². The molecule has 0 unspecified atom stereocenters. The predicted molar refractivity (Wildman–Crippen MR) is 123 cm³/mol. The largest absolute Gasteiger partial charge is 0.372 e. The summed E-state index contributed by atoms with van der Waals surface area (Å²) in [6, 6.07) is 19.8. The summed E-state index contributed by atoms with van der Waals surface area (Å²) in [6.07, 6.45) is 5.88. The maximum atomic E-state index is 12.7. The van der Waals surface area contributed by atoms with Gasteiger partial charge in [-0.2, -0.15) is 5.10 Å². The van der Waals surface area contributed by atoms with E-state index in [1.807, 2.05) is 42.6 Å². The summed E-state index contributed by atoms with van der Waals surface area (Å²) >= 11 is 0. The number of carbonyl (C=O) groups is 1. The van der Waals surface area contributed by atoms with Crippen LogP contribution in [0.25, 0.3) is 5.65 Å². The Morgan fingerprint density at radius 1 is 1.00 bits per heavy atom. The van der Waals surface area contributed by atoms with E-state index in [2.05, 4.69) is 49.9 Å². The second-order valence-corrected chi connectivity index (χ2v) is 7.68. The van der Waals surface area contributed by atoms with Crippen LogP contribution in [0.5, 0.6) is 0 Å². The van der Waals surface area contributed by atoms with E-state index in [4.69, 9.17) is 0 Å². The fourth-order valence-corrected chi connectivity index (χ4v) is 3.88. The highest BCUT2D eigenvalue weighted by Gasteiger charge is 2.15. The number of benzene rings is 2. The second-order valence-electron chi connectivity index (χ2n) is 7.68. The molecule has 0 atom stereocenters. The molecule has 31 heavy (non-hydrogen) atoms. The SMILES string of the molecule is O=C(Nc1ccccc1)c1cnn2ccc(NCc3cccc(N4CCCC4)c3)nc12. The van der Waals surface area contributed by atoms with E-state index in [0.29, 0.717) is 23.6 Å². The third-order valence-corrected chi connectivity index (χ3v) is 5.50. The molecule has 3 heterocycles. The minimum Gasteiger partial charge on any atom is -0.372 e. The first-order valence-electron chi connectivity index (χ1n) is 10.5. The molecule has 7 heteroatoms. The van der Waals surface area contributed by atoms with Crippen LogP contribution in [0.1, 0.15) is 28.8 Å². The maximum absolute atomic E-state index is 12.7. The van der Waals surface area contributed by atoms with Crippen molar-refractivity contribution < 1.29 is 4.79 Å². The summed E-state index contributed by atoms with van der Waals surface area (Å²) in [5, 5.41) is 10.5. The molecular weight excluding hydrogens is 388 g/mol. The van der Waals surface area contributed by atoms with Crippen molar-refractivity contribution in [3.05, 3.63) is 84.2 Å². The molecular formula is C24H24N6O. The first-order chi connectivity index (χ1) is 15.3. The lowest BCUT2D eigenvalue weighted by molar-refractivity contribution is 0.102. The number of nitrogens with one attached hydrogen (secondary N) is 2. The highest BCUT2D eigenvalue weighted by molar-refractivity contribution is 6.08. The van der Waals surface area contributed by atoms with Crippen LogP contribution in [-0.4, -0.2) is 33.6 Å². The molecule has 0 radical (unpaired) electrons. The van der Waals surface area contributed by atoms with Gasteiger partial charge in [-0.05, 0) is 48.7 Å². The molecule has 1 aliphatic heterocycles. The molecule has 0 bridgehead atoms. The molecule has 1 aliphatic rings. The van der Waals surface area contributed by atoms with Gasteiger partial charge in [-0.25, -0.2) is 9.50 Å². The average molecular weight is 412 g/mol. The van der Waals surface area contributed by atoms with E-state index < -0.39 is 0 Å². The summed E-state index contributed by atoms with van der Waals surface area (Å²) < 4.78 is 1.61. The maximum Gasteiger partial charge on any atom is 0.261 e. The van der Waals surface area contributed by atoms with Crippen molar-refractivity contribution in [3.63, 3.8) is 0 Å². The van der Waals surface area contributed by atoms with Gasteiger partial charge < -0.3 is 15.5 Å². The fraction of sp³-hybridized carbons (Fsp3) is 0.208. The molecule has 0 spiro atoms. The molecule has 1 amide bonds. The van der Waals surface area contributed by atoms with Gasteiger partial charge in [-0.1, -0.05) is 30.3 Å². The van der Waals surface area contributed by atoms with Gasteiger partial charge in [0.25, 0.3) is 5.91 Å². The van der Waals surface area contributed by atoms with Gasteiger partial charge in [-0.3, -0.25) is 4.79 Å². The minimum atomic E-state index is -0.232. The summed E-state index contributed by atoms with van der Waals surface area (Å²) in [5.41, 5.74) is 4.16. The van der Waals surface area contributed by atoms with E-state index in [9.17, 15) is 4.79 Å². The third kappa shape index (κ3) is 4.21. The lowest BCUT2D eigenvalue weighted by Crippen LogP contribution is -2.17. The van der Waals surface area contributed by atoms with Crippen LogP contribution in [0.3, 0.4) is 0 Å². The average Bonchev–Trinajstić information content (AvgIpc) is 3.49. The standard InChI is InChI=1S/C24H24N6O/c31-24(27-19-8-2-1-3-9-19)21-17-26-30-14-11-22(28-23(21)30)25-16-18-7-6-10-20(15-18)29-12-4-5-13-29/h1-3,6-11,14-15,17H,4-5,12-13,16H2,(H,25,28)(H,27,31). The Kier molecular flexibility index (Phi) is 5.22. The zero-order valence-corrected chi connectivity index (χ0v) is 17.2. The summed E-state index contributed by atoms with van der Waals surface area (Å²) in [7, 11) is 0. The number of anilines is 3. The van der Waals surface area contributed by atoms with Crippen LogP contribution in [0.2, 0.25) is 0 Å². The van der Waals surface area contributed by atoms with E-state index >= 15 is 0 Å². The van der Waals surface area contributed by atoms with Gasteiger partial charge in [0.05, 0.1) is 6.20 Å². The van der Waals surface area contributed by atoms with Gasteiger partial charge in [0, 0.05) is 37.2 Å². The fourth-order valence-electron chi connectivity index (χ4n) is 3.88. The first-order valence-corrected chi connectivity index (χ1v) is 10.5. The monoisotopic (exact) mass is 412 g/mol. The Morgan fingerprint density at radius 3 is 2.68 bits per heavy atom. The van der Waals surface area contributed by atoms with Crippen molar-refractivity contribution in [3.8, 4) is 0 Å². The number of fused-ring (bicyclic) bond motifs is 1. The number of hydrogen-bond donors (Lipinski definition) is 2. The third-order valence-electron chi connectivity index (χ3n) is 5.50. The van der Waals surface area contributed by atoms with Crippen LogP contribution in [0.15, 0.2) is 73.1 Å². The zero-order valence-electron chi connectivity index (χ0n) is 17.2. The topological polar surface area (TPSA) is 74.6 Å². The summed E-state index contributed by atoms with van der Waals surface area (Å²) in [5.74, 6) is 0.470. The Hall–Kier alpha value is -3.87. The molecule has 1 fully saturated rings. The molecule has 2 aromatic heterocycles. The number of aromatic nitrogens is 3. The molecule has 156 valence electrons. The van der Waals surface area contributed by atoms with Crippen molar-refractivity contribution >= 4 is 28.7 Å². The van der Waals surface area contributed by atoms with E-state index in [-0.39, 0.29) is 5.91 Å². The van der Waals surface area contributed by atoms with E-state index in [1.54, 1.807) is 10.7 Å². The molecule has 1 saturated heterocycles. The quantitative estimate of drug-likeness (QED) is 0.497. The molecule has 0 saturated carbocycles.